The molecule has 2 unspecified atom stereocenters. The molecule has 1 amide bonds. The summed E-state index contributed by atoms with van der Waals surface area (Å²) in [6.07, 6.45) is 1.85. The second-order valence-electron chi connectivity index (χ2n) is 7.53. The number of nitrogens with zero attached hydrogens (tertiary/aromatic N) is 1. The van der Waals surface area contributed by atoms with Crippen molar-refractivity contribution in [2.75, 3.05) is 52.2 Å². The summed E-state index contributed by atoms with van der Waals surface area (Å²) in [4.78, 5) is 15.2. The number of piperidine rings is 1. The molecule has 7 heteroatoms. The zero-order valence-corrected chi connectivity index (χ0v) is 16.7. The maximum absolute atomic E-state index is 12.7. The lowest BCUT2D eigenvalue weighted by atomic mass is 10.1. The topological polar surface area (TPSA) is 76.8 Å². The quantitative estimate of drug-likeness (QED) is 0.517. The number of methoxy groups -OCH3 is 1. The number of likely N-dealkylation sites (tertiary alicyclic amines) is 1. The van der Waals surface area contributed by atoms with Gasteiger partial charge in [0.2, 0.25) is 0 Å². The van der Waals surface area contributed by atoms with Crippen molar-refractivity contribution in [1.82, 2.24) is 10.2 Å². The van der Waals surface area contributed by atoms with Gasteiger partial charge in [-0.3, -0.25) is 4.79 Å². The van der Waals surface area contributed by atoms with Gasteiger partial charge in [0.1, 0.15) is 5.75 Å². The van der Waals surface area contributed by atoms with Gasteiger partial charge in [-0.2, -0.15) is 0 Å². The van der Waals surface area contributed by atoms with Crippen molar-refractivity contribution in [1.29, 1.82) is 0 Å². The minimum atomic E-state index is -0.0641. The fraction of sp³-hybridized carbons (Fsp3) is 0.632. The minimum Gasteiger partial charge on any atom is -0.492 e. The maximum atomic E-state index is 12.7. The van der Waals surface area contributed by atoms with E-state index in [0.29, 0.717) is 29.5 Å². The van der Waals surface area contributed by atoms with Crippen molar-refractivity contribution in [2.45, 2.75) is 12.8 Å². The van der Waals surface area contributed by atoms with Crippen LogP contribution in [0.3, 0.4) is 0 Å². The Morgan fingerprint density at radius 2 is 2.23 bits per heavy atom. The average molecular weight is 424 g/mol. The van der Waals surface area contributed by atoms with Crippen molar-refractivity contribution in [2.24, 2.45) is 17.8 Å². The number of hydrogen-bond acceptors (Lipinski definition) is 5. The summed E-state index contributed by atoms with van der Waals surface area (Å²) < 4.78 is 11.6. The molecule has 0 spiro atoms. The Morgan fingerprint density at radius 1 is 1.46 bits per heavy atom. The van der Waals surface area contributed by atoms with Crippen molar-refractivity contribution in [3.05, 3.63) is 21.7 Å². The Kier molecular flexibility index (Phi) is 5.12. The Balaban J connectivity index is 1.29. The van der Waals surface area contributed by atoms with E-state index in [2.05, 4.69) is 26.1 Å². The normalized spacial score (nSPS) is 26.3. The molecule has 142 valence electrons. The highest BCUT2D eigenvalue weighted by Crippen LogP contribution is 2.51. The summed E-state index contributed by atoms with van der Waals surface area (Å²) in [5.41, 5.74) is 8.30. The lowest BCUT2D eigenvalue weighted by molar-refractivity contribution is 0.0946. The summed E-state index contributed by atoms with van der Waals surface area (Å²) in [5.74, 6) is 2.68. The summed E-state index contributed by atoms with van der Waals surface area (Å²) in [6, 6.07) is 1.78. The minimum absolute atomic E-state index is 0.0641. The Morgan fingerprint density at radius 3 is 2.96 bits per heavy atom. The Bertz CT molecular complexity index is 700. The van der Waals surface area contributed by atoms with Crippen molar-refractivity contribution >= 4 is 27.5 Å². The zero-order chi connectivity index (χ0) is 18.3. The first kappa shape index (κ1) is 18.1. The molecule has 2 fully saturated rings. The lowest BCUT2D eigenvalue weighted by Crippen LogP contribution is -2.31. The number of ether oxygens (including phenoxy) is 2. The highest BCUT2D eigenvalue weighted by atomic mass is 79.9. The van der Waals surface area contributed by atoms with E-state index < -0.39 is 0 Å². The molecule has 2 atom stereocenters. The van der Waals surface area contributed by atoms with E-state index in [4.69, 9.17) is 15.2 Å². The van der Waals surface area contributed by atoms with Crippen LogP contribution in [0.1, 0.15) is 22.3 Å². The number of nitrogens with two attached hydrogens (primary N) is 1. The Hall–Kier alpha value is -1.31. The van der Waals surface area contributed by atoms with E-state index in [1.54, 1.807) is 13.2 Å². The van der Waals surface area contributed by atoms with Gasteiger partial charge >= 0.3 is 0 Å². The second kappa shape index (κ2) is 7.37. The standard InChI is InChI=1S/C19H26BrN3O3/c1-25-5-2-4-23-9-14-13(15(14)10-23)8-22-19(24)12-7-16(20)17(21)11-3-6-26-18(11)12/h7,13-15H,2-6,8-10,21H2,1H3,(H,22,24). The number of halogens is 1. The predicted octanol–water partition coefficient (Wildman–Crippen LogP) is 1.91. The predicted molar refractivity (Wildman–Crippen MR) is 103 cm³/mol. The number of benzene rings is 1. The average Bonchev–Trinajstić information content (AvgIpc) is 3.00. The van der Waals surface area contributed by atoms with E-state index in [9.17, 15) is 4.79 Å². The molecular formula is C19H26BrN3O3. The maximum Gasteiger partial charge on any atom is 0.255 e. The van der Waals surface area contributed by atoms with Crippen molar-refractivity contribution in [3.63, 3.8) is 0 Å². The monoisotopic (exact) mass is 423 g/mol. The van der Waals surface area contributed by atoms with Crippen LogP contribution in [0.15, 0.2) is 10.5 Å². The van der Waals surface area contributed by atoms with Gasteiger partial charge in [0, 0.05) is 56.4 Å². The number of rotatable bonds is 7. The zero-order valence-electron chi connectivity index (χ0n) is 15.1. The molecule has 0 bridgehead atoms. The third kappa shape index (κ3) is 3.32. The third-order valence-electron chi connectivity index (χ3n) is 5.98. The molecule has 1 aliphatic carbocycles. The number of amides is 1. The first-order chi connectivity index (χ1) is 12.6. The van der Waals surface area contributed by atoms with Crippen LogP contribution < -0.4 is 15.8 Å². The largest absolute Gasteiger partial charge is 0.492 e. The molecule has 3 aliphatic rings. The molecule has 3 N–H and O–H groups in total. The number of nitrogens with one attached hydrogen (secondary N) is 1. The van der Waals surface area contributed by atoms with Crippen LogP contribution in [0.2, 0.25) is 0 Å². The summed E-state index contributed by atoms with van der Waals surface area (Å²) >= 11 is 3.46. The molecule has 1 aromatic rings. The van der Waals surface area contributed by atoms with E-state index in [-0.39, 0.29) is 5.91 Å². The molecule has 26 heavy (non-hydrogen) atoms. The SMILES string of the molecule is COCCCN1CC2C(CNC(=O)c3cc(Br)c(N)c4c3OCC4)C2C1. The van der Waals surface area contributed by atoms with Gasteiger partial charge in [0.05, 0.1) is 17.9 Å². The van der Waals surface area contributed by atoms with E-state index in [1.165, 1.54) is 0 Å². The van der Waals surface area contributed by atoms with E-state index in [0.717, 1.165) is 67.5 Å². The van der Waals surface area contributed by atoms with Gasteiger partial charge in [0.15, 0.2) is 0 Å². The number of carbonyl (C=O) groups is 1. The van der Waals surface area contributed by atoms with Gasteiger partial charge in [-0.15, -0.1) is 0 Å². The smallest absolute Gasteiger partial charge is 0.255 e. The van der Waals surface area contributed by atoms with E-state index in [1.807, 2.05) is 0 Å². The lowest BCUT2D eigenvalue weighted by Gasteiger charge is -2.19. The van der Waals surface area contributed by atoms with E-state index >= 15 is 0 Å². The molecule has 6 nitrogen and oxygen atoms in total. The fourth-order valence-electron chi connectivity index (χ4n) is 4.50. The van der Waals surface area contributed by atoms with Crippen LogP contribution in [0.5, 0.6) is 5.75 Å². The highest BCUT2D eigenvalue weighted by molar-refractivity contribution is 9.10. The third-order valence-corrected chi connectivity index (χ3v) is 6.64. The first-order valence-corrected chi connectivity index (χ1v) is 10.1. The van der Waals surface area contributed by atoms with Crippen LogP contribution in [0.25, 0.3) is 0 Å². The van der Waals surface area contributed by atoms with Crippen LogP contribution in [0.4, 0.5) is 5.69 Å². The second-order valence-corrected chi connectivity index (χ2v) is 8.39. The van der Waals surface area contributed by atoms with Gasteiger partial charge in [0.25, 0.3) is 5.91 Å². The molecule has 4 rings (SSSR count). The van der Waals surface area contributed by atoms with Crippen molar-refractivity contribution in [3.8, 4) is 5.75 Å². The highest BCUT2D eigenvalue weighted by Gasteiger charge is 2.54. The number of carbonyl (C=O) groups excluding carboxylic acids is 1. The van der Waals surface area contributed by atoms with Gasteiger partial charge < -0.3 is 25.4 Å². The number of anilines is 1. The van der Waals surface area contributed by atoms with Gasteiger partial charge in [-0.25, -0.2) is 0 Å². The molecular weight excluding hydrogens is 398 g/mol. The van der Waals surface area contributed by atoms with Gasteiger partial charge in [-0.1, -0.05) is 0 Å². The van der Waals surface area contributed by atoms with Gasteiger partial charge in [-0.05, 0) is 46.2 Å². The fourth-order valence-corrected chi connectivity index (χ4v) is 4.96. The summed E-state index contributed by atoms with van der Waals surface area (Å²) in [5, 5.41) is 3.11. The number of nitrogen functional groups attached to an aromatic ring is 1. The molecule has 2 aliphatic heterocycles. The molecule has 0 radical (unpaired) electrons. The van der Waals surface area contributed by atoms with Crippen LogP contribution in [-0.4, -0.2) is 57.3 Å². The summed E-state index contributed by atoms with van der Waals surface area (Å²) in [6.45, 7) is 5.58. The molecule has 2 heterocycles. The first-order valence-electron chi connectivity index (χ1n) is 9.33. The molecule has 0 aromatic heterocycles. The summed E-state index contributed by atoms with van der Waals surface area (Å²) in [7, 11) is 1.75. The van der Waals surface area contributed by atoms with Crippen molar-refractivity contribution < 1.29 is 14.3 Å². The molecule has 1 saturated carbocycles. The number of fused-ring (bicyclic) bond motifs is 2. The van der Waals surface area contributed by atoms with Crippen LogP contribution in [-0.2, 0) is 11.2 Å². The van der Waals surface area contributed by atoms with Crippen LogP contribution in [0, 0.1) is 17.8 Å². The molecule has 1 saturated heterocycles. The number of hydrogen-bond donors (Lipinski definition) is 2. The Labute approximate surface area is 162 Å². The van der Waals surface area contributed by atoms with Crippen LogP contribution >= 0.6 is 15.9 Å². The molecule has 1 aromatic carbocycles.